The molecule has 3 nitrogen and oxygen atoms in total. The average molecular weight is 677 g/mol. The number of rotatable bonds is 6. The molecule has 0 fully saturated rings. The van der Waals surface area contributed by atoms with Gasteiger partial charge in [0.15, 0.2) is 0 Å². The standard InChI is InChI=1S/C44H27N3Se/c45-28-35(29-46)44-40-14-8-7-13-38(40)39-24-19-34(27-41(39)44)42-25-26-43(48-42)47(36-20-15-32(16-21-36)30-9-3-1-4-10-30)37-22-17-33(18-23-37)31-11-5-2-6-12-31/h1-27H. The van der Waals surface area contributed by atoms with Crippen LogP contribution in [0.4, 0.5) is 15.9 Å². The Bertz CT molecular complexity index is 2290. The number of hydrogen-bond donors (Lipinski definition) is 0. The molecule has 0 spiro atoms. The van der Waals surface area contributed by atoms with Gasteiger partial charge in [-0.1, -0.05) is 0 Å². The van der Waals surface area contributed by atoms with E-state index >= 15 is 0 Å². The summed E-state index contributed by atoms with van der Waals surface area (Å²) < 4.78 is 2.48. The van der Waals surface area contributed by atoms with Crippen LogP contribution in [-0.2, 0) is 0 Å². The zero-order valence-electron chi connectivity index (χ0n) is 25.8. The third-order valence-corrected chi connectivity index (χ3v) is 11.2. The molecule has 8 rings (SSSR count). The van der Waals surface area contributed by atoms with E-state index in [4.69, 9.17) is 0 Å². The molecular formula is C44H27N3Se. The molecule has 48 heavy (non-hydrogen) atoms. The molecule has 0 amide bonds. The Labute approximate surface area is 286 Å². The molecule has 1 aromatic heterocycles. The van der Waals surface area contributed by atoms with E-state index in [1.54, 1.807) is 0 Å². The number of nitrogens with zero attached hydrogens (tertiary/aromatic N) is 3. The normalized spacial score (nSPS) is 11.2. The van der Waals surface area contributed by atoms with Crippen LogP contribution in [0.3, 0.4) is 0 Å². The fourth-order valence-corrected chi connectivity index (χ4v) is 8.69. The molecule has 1 heterocycles. The number of hydrogen-bond acceptors (Lipinski definition) is 3. The zero-order valence-corrected chi connectivity index (χ0v) is 27.6. The van der Waals surface area contributed by atoms with Crippen LogP contribution in [0.5, 0.6) is 0 Å². The van der Waals surface area contributed by atoms with Gasteiger partial charge >= 0.3 is 287 Å². The van der Waals surface area contributed by atoms with E-state index in [-0.39, 0.29) is 20.1 Å². The number of benzene rings is 6. The van der Waals surface area contributed by atoms with Crippen molar-refractivity contribution in [1.29, 1.82) is 10.5 Å². The Morgan fingerprint density at radius 1 is 0.438 bits per heavy atom. The van der Waals surface area contributed by atoms with Crippen LogP contribution >= 0.6 is 0 Å². The molecule has 4 heteroatoms. The van der Waals surface area contributed by atoms with E-state index in [0.29, 0.717) is 0 Å². The summed E-state index contributed by atoms with van der Waals surface area (Å²) in [6.45, 7) is 0. The maximum absolute atomic E-state index is 9.84. The Kier molecular flexibility index (Phi) is 7.65. The number of allylic oxidation sites excluding steroid dienone is 1. The first-order chi connectivity index (χ1) is 23.7. The fraction of sp³-hybridized carbons (Fsp3) is 0. The van der Waals surface area contributed by atoms with Crippen molar-refractivity contribution < 1.29 is 0 Å². The van der Waals surface area contributed by atoms with E-state index in [9.17, 15) is 10.5 Å². The summed E-state index contributed by atoms with van der Waals surface area (Å²) >= 11 is -0.00689. The summed E-state index contributed by atoms with van der Waals surface area (Å²) in [7, 11) is 0. The summed E-state index contributed by atoms with van der Waals surface area (Å²) in [6, 6.07) is 61.8. The van der Waals surface area contributed by atoms with Crippen molar-refractivity contribution in [3.8, 4) is 55.5 Å². The summed E-state index contributed by atoms with van der Waals surface area (Å²) in [5.41, 5.74) is 12.9. The Hall–Kier alpha value is -6.16. The van der Waals surface area contributed by atoms with Crippen molar-refractivity contribution in [3.05, 3.63) is 180 Å². The van der Waals surface area contributed by atoms with E-state index in [0.717, 1.165) is 44.8 Å². The maximum atomic E-state index is 9.84. The first-order valence-electron chi connectivity index (χ1n) is 15.7. The van der Waals surface area contributed by atoms with Gasteiger partial charge in [-0.05, 0) is 0 Å². The summed E-state index contributed by atoms with van der Waals surface area (Å²) in [5.74, 6) is 0. The second-order valence-electron chi connectivity index (χ2n) is 11.6. The molecule has 6 aromatic carbocycles. The molecule has 0 bridgehead atoms. The first kappa shape index (κ1) is 29.3. The van der Waals surface area contributed by atoms with Crippen molar-refractivity contribution in [2.45, 2.75) is 0 Å². The quantitative estimate of drug-likeness (QED) is 0.130. The van der Waals surface area contributed by atoms with Gasteiger partial charge in [-0.3, -0.25) is 0 Å². The third-order valence-electron chi connectivity index (χ3n) is 8.81. The predicted octanol–water partition coefficient (Wildman–Crippen LogP) is 11.0. The second kappa shape index (κ2) is 12.6. The molecule has 1 aliphatic rings. The van der Waals surface area contributed by atoms with E-state index in [1.807, 2.05) is 30.3 Å². The average Bonchev–Trinajstić information content (AvgIpc) is 3.77. The minimum atomic E-state index is -0.00689. The fourth-order valence-electron chi connectivity index (χ4n) is 6.50. The summed E-state index contributed by atoms with van der Waals surface area (Å²) in [6.07, 6.45) is 0. The van der Waals surface area contributed by atoms with Gasteiger partial charge in [-0.2, -0.15) is 0 Å². The predicted molar refractivity (Wildman–Crippen MR) is 197 cm³/mol. The van der Waals surface area contributed by atoms with Gasteiger partial charge in [0, 0.05) is 0 Å². The second-order valence-corrected chi connectivity index (χ2v) is 13.8. The molecular weight excluding hydrogens is 649 g/mol. The molecule has 1 aliphatic carbocycles. The molecule has 0 saturated carbocycles. The van der Waals surface area contributed by atoms with Crippen LogP contribution < -0.4 is 4.90 Å². The van der Waals surface area contributed by atoms with Crippen molar-refractivity contribution in [2.75, 3.05) is 4.90 Å². The molecule has 0 aliphatic heterocycles. The van der Waals surface area contributed by atoms with Gasteiger partial charge in [0.1, 0.15) is 0 Å². The summed E-state index contributed by atoms with van der Waals surface area (Å²) in [5, 5.41) is 19.7. The number of nitriles is 2. The Morgan fingerprint density at radius 3 is 1.48 bits per heavy atom. The van der Waals surface area contributed by atoms with Gasteiger partial charge in [0.2, 0.25) is 0 Å². The molecule has 0 atom stereocenters. The third kappa shape index (κ3) is 5.26. The zero-order chi connectivity index (χ0) is 32.5. The number of anilines is 3. The molecule has 224 valence electrons. The Balaban J connectivity index is 1.20. The molecule has 7 aromatic rings. The van der Waals surface area contributed by atoms with Crippen LogP contribution in [0.2, 0.25) is 0 Å². The number of fused-ring (bicyclic) bond motifs is 3. The molecule has 0 radical (unpaired) electrons. The van der Waals surface area contributed by atoms with Crippen LogP contribution in [0.1, 0.15) is 11.1 Å². The Morgan fingerprint density at radius 2 is 0.917 bits per heavy atom. The van der Waals surface area contributed by atoms with Gasteiger partial charge in [-0.25, -0.2) is 0 Å². The van der Waals surface area contributed by atoms with Gasteiger partial charge < -0.3 is 0 Å². The van der Waals surface area contributed by atoms with Crippen molar-refractivity contribution >= 4 is 36.0 Å². The van der Waals surface area contributed by atoms with Gasteiger partial charge in [0.05, 0.1) is 0 Å². The van der Waals surface area contributed by atoms with Crippen LogP contribution in [0.15, 0.2) is 169 Å². The van der Waals surface area contributed by atoms with Gasteiger partial charge in [-0.15, -0.1) is 0 Å². The van der Waals surface area contributed by atoms with Crippen LogP contribution in [0.25, 0.3) is 49.0 Å². The van der Waals surface area contributed by atoms with Crippen LogP contribution in [0, 0.1) is 22.7 Å². The van der Waals surface area contributed by atoms with Crippen molar-refractivity contribution in [3.63, 3.8) is 0 Å². The van der Waals surface area contributed by atoms with E-state index in [2.05, 4.69) is 150 Å². The topological polar surface area (TPSA) is 50.8 Å². The summed E-state index contributed by atoms with van der Waals surface area (Å²) in [4.78, 5) is 2.37. The first-order valence-corrected chi connectivity index (χ1v) is 17.4. The minimum absolute atomic E-state index is 0.00689. The van der Waals surface area contributed by atoms with Crippen molar-refractivity contribution in [2.24, 2.45) is 0 Å². The van der Waals surface area contributed by atoms with E-state index < -0.39 is 0 Å². The SMILES string of the molecule is N#CC(C#N)=C1c2ccccc2-c2ccc(-c3ccc(N(c4ccc(-c5ccccc5)cc4)c4ccc(-c5ccccc5)cc4)[se]3)cc21. The molecule has 0 unspecified atom stereocenters. The van der Waals surface area contributed by atoms with Gasteiger partial charge in [0.25, 0.3) is 0 Å². The molecule has 0 saturated heterocycles. The van der Waals surface area contributed by atoms with Crippen molar-refractivity contribution in [1.82, 2.24) is 0 Å². The van der Waals surface area contributed by atoms with Crippen LogP contribution in [-0.4, -0.2) is 14.5 Å². The molecule has 0 N–H and O–H groups in total. The van der Waals surface area contributed by atoms with E-state index in [1.165, 1.54) is 31.3 Å². The monoisotopic (exact) mass is 677 g/mol.